The Morgan fingerprint density at radius 2 is 1.70 bits per heavy atom. The number of ketones is 2. The van der Waals surface area contributed by atoms with Crippen LogP contribution in [0.5, 0.6) is 0 Å². The quantitative estimate of drug-likeness (QED) is 0.0670. The number of Topliss-reactive ketones (excluding diaryl/α,β-unsaturated/α-hetero) is 2. The molecule has 1 aromatic rings. The number of aryl methyl sites for hydroxylation is 1. The summed E-state index contributed by atoms with van der Waals surface area (Å²) in [5.41, 5.74) is 6.96. The number of rotatable bonds is 5. The van der Waals surface area contributed by atoms with E-state index in [4.69, 9.17) is 16.5 Å². The predicted molar refractivity (Wildman–Crippen MR) is 237 cm³/mol. The number of carboxylic acids is 1. The fourth-order valence-corrected chi connectivity index (χ4v) is 16.7. The van der Waals surface area contributed by atoms with Gasteiger partial charge in [-0.1, -0.05) is 74.9 Å². The van der Waals surface area contributed by atoms with Crippen LogP contribution in [0.2, 0.25) is 0 Å². The Labute approximate surface area is 369 Å². The van der Waals surface area contributed by atoms with E-state index in [2.05, 4.69) is 50.0 Å². The summed E-state index contributed by atoms with van der Waals surface area (Å²) in [6, 6.07) is 8.26. The number of carboxylic acid groups (broad SMARTS) is 1. The average Bonchev–Trinajstić information content (AvgIpc) is 3.38. The number of nitrogens with two attached hydrogens (primary N) is 2. The van der Waals surface area contributed by atoms with Gasteiger partial charge in [-0.25, -0.2) is 9.79 Å². The number of hydrogen-bond donors (Lipinski definition) is 7. The molecule has 3 fully saturated rings. The number of carbonyl (C=O) groups excluding carboxylic acids is 2. The van der Waals surface area contributed by atoms with Crippen LogP contribution in [0.4, 0.5) is 0 Å². The van der Waals surface area contributed by atoms with Crippen LogP contribution in [0.15, 0.2) is 81.4 Å². The smallest absolute Gasteiger partial charge is 0.331 e. The first-order valence-electron chi connectivity index (χ1n) is 23.0. The van der Waals surface area contributed by atoms with Gasteiger partial charge in [-0.15, -0.1) is 11.8 Å². The second-order valence-corrected chi connectivity index (χ2v) is 21.5. The molecule has 63 heavy (non-hydrogen) atoms. The van der Waals surface area contributed by atoms with E-state index in [-0.39, 0.29) is 74.7 Å². The first kappa shape index (κ1) is 42.4. The largest absolute Gasteiger partial charge is 0.478 e. The summed E-state index contributed by atoms with van der Waals surface area (Å²) in [5.74, 6) is 2.82. The van der Waals surface area contributed by atoms with E-state index in [1.54, 1.807) is 12.2 Å². The van der Waals surface area contributed by atoms with Crippen LogP contribution in [-0.2, 0) is 20.8 Å². The van der Waals surface area contributed by atoms with E-state index >= 15 is 4.79 Å². The summed E-state index contributed by atoms with van der Waals surface area (Å²) in [6.07, 6.45) is 12.0. The number of benzene rings is 1. The molecule has 10 rings (SSSR count). The molecule has 2 spiro atoms. The molecule has 1 aromatic carbocycles. The van der Waals surface area contributed by atoms with Crippen LogP contribution in [0.3, 0.4) is 0 Å². The van der Waals surface area contributed by atoms with Crippen LogP contribution in [0.25, 0.3) is 6.08 Å². The molecule has 4 bridgehead atoms. The highest BCUT2D eigenvalue weighted by atomic mass is 16.4. The second kappa shape index (κ2) is 13.5. The second-order valence-electron chi connectivity index (χ2n) is 21.5. The lowest BCUT2D eigenvalue weighted by Gasteiger charge is -2.70. The van der Waals surface area contributed by atoms with Crippen molar-refractivity contribution in [2.24, 2.45) is 67.2 Å². The fourth-order valence-electron chi connectivity index (χ4n) is 16.7. The van der Waals surface area contributed by atoms with Crippen molar-refractivity contribution in [2.75, 3.05) is 6.61 Å². The summed E-state index contributed by atoms with van der Waals surface area (Å²) >= 11 is 0. The maximum Gasteiger partial charge on any atom is 0.331 e. The van der Waals surface area contributed by atoms with Crippen molar-refractivity contribution in [2.45, 2.75) is 128 Å². The number of nitrogens with zero attached hydrogens (tertiary/aromatic N) is 1. The van der Waals surface area contributed by atoms with Gasteiger partial charge < -0.3 is 37.0 Å². The first-order valence-corrected chi connectivity index (χ1v) is 23.0. The molecule has 0 unspecified atom stereocenters. The van der Waals surface area contributed by atoms with Crippen molar-refractivity contribution in [1.82, 2.24) is 0 Å². The summed E-state index contributed by atoms with van der Waals surface area (Å²) in [5, 5.41) is 62.2. The number of carbonyl (C=O) groups is 3. The van der Waals surface area contributed by atoms with Crippen LogP contribution in [0.1, 0.15) is 109 Å². The van der Waals surface area contributed by atoms with Gasteiger partial charge in [-0.2, -0.15) is 0 Å². The van der Waals surface area contributed by atoms with Gasteiger partial charge in [0.25, 0.3) is 0 Å². The number of aliphatic hydroxyl groups is 4. The van der Waals surface area contributed by atoms with Gasteiger partial charge in [0.15, 0.2) is 11.7 Å². The lowest BCUT2D eigenvalue weighted by Crippen LogP contribution is -2.71. The molecular weight excluding hydrogens is 795 g/mol. The van der Waals surface area contributed by atoms with Gasteiger partial charge >= 0.3 is 5.97 Å². The van der Waals surface area contributed by atoms with Gasteiger partial charge in [0.1, 0.15) is 11.4 Å². The Morgan fingerprint density at radius 1 is 0.937 bits per heavy atom. The molecule has 3 saturated carbocycles. The van der Waals surface area contributed by atoms with Gasteiger partial charge in [-0.3, -0.25) is 9.59 Å². The Balaban J connectivity index is 1.29. The summed E-state index contributed by atoms with van der Waals surface area (Å²) in [6.45, 7) is 7.37. The Bertz CT molecular complexity index is 2540. The highest BCUT2D eigenvalue weighted by molar-refractivity contribution is 6.02. The molecular formula is C52H61N3O8. The average molecular weight is 856 g/mol. The summed E-state index contributed by atoms with van der Waals surface area (Å²) in [4.78, 5) is 47.8. The predicted octanol–water partition coefficient (Wildman–Crippen LogP) is 5.26. The number of aliphatic carboxylic acids is 1. The molecule has 11 heteroatoms. The molecule has 0 saturated heterocycles. The van der Waals surface area contributed by atoms with Crippen LogP contribution < -0.4 is 11.5 Å². The third-order valence-corrected chi connectivity index (χ3v) is 19.1. The molecule has 9 N–H and O–H groups in total. The molecule has 9 aliphatic rings. The number of aliphatic imine (C=N–C) groups is 1. The molecule has 13 atom stereocenters. The third kappa shape index (κ3) is 5.02. The highest BCUT2D eigenvalue weighted by Crippen LogP contribution is 2.84. The third-order valence-electron chi connectivity index (χ3n) is 19.1. The van der Waals surface area contributed by atoms with Gasteiger partial charge in [-0.05, 0) is 104 Å². The Kier molecular flexibility index (Phi) is 9.06. The molecule has 9 aliphatic carbocycles. The number of allylic oxidation sites excluding steroid dienone is 2. The van der Waals surface area contributed by atoms with E-state index in [1.807, 2.05) is 25.1 Å². The lowest BCUT2D eigenvalue weighted by atomic mass is 9.33. The minimum atomic E-state index is -1.79. The maximum atomic E-state index is 16.0. The van der Waals surface area contributed by atoms with Crippen molar-refractivity contribution < 1.29 is 39.9 Å². The zero-order valence-electron chi connectivity index (χ0n) is 36.8. The van der Waals surface area contributed by atoms with Gasteiger partial charge in [0.05, 0.1) is 17.2 Å². The fraction of sp³-hybridized carbons (Fsp3) is 0.577. The van der Waals surface area contributed by atoms with Gasteiger partial charge in [0.2, 0.25) is 0 Å². The minimum absolute atomic E-state index is 0.0135. The van der Waals surface area contributed by atoms with E-state index in [0.29, 0.717) is 42.4 Å². The number of fused-ring (bicyclic) bond motifs is 4. The van der Waals surface area contributed by atoms with Crippen LogP contribution in [-0.4, -0.2) is 78.5 Å². The minimum Gasteiger partial charge on any atom is -0.478 e. The van der Waals surface area contributed by atoms with Crippen molar-refractivity contribution in [1.29, 1.82) is 0 Å². The zero-order valence-corrected chi connectivity index (χ0v) is 36.8. The number of hydrogen-bond acceptors (Lipinski definition) is 8. The van der Waals surface area contributed by atoms with Crippen molar-refractivity contribution in [3.63, 3.8) is 0 Å². The van der Waals surface area contributed by atoms with Gasteiger partial charge in [0, 0.05) is 76.9 Å². The van der Waals surface area contributed by atoms with Crippen LogP contribution in [0, 0.1) is 62.6 Å². The molecule has 332 valence electrons. The molecule has 0 aromatic heterocycles. The molecule has 0 aliphatic heterocycles. The first-order chi connectivity index (χ1) is 29.7. The molecule has 0 radical (unpaired) electrons. The van der Waals surface area contributed by atoms with E-state index in [1.165, 1.54) is 12.5 Å². The van der Waals surface area contributed by atoms with E-state index in [0.717, 1.165) is 17.6 Å². The summed E-state index contributed by atoms with van der Waals surface area (Å²) < 4.78 is 0. The summed E-state index contributed by atoms with van der Waals surface area (Å²) in [7, 11) is 0. The topological polar surface area (TPSA) is 217 Å². The van der Waals surface area contributed by atoms with Crippen molar-refractivity contribution >= 4 is 29.6 Å². The van der Waals surface area contributed by atoms with Crippen molar-refractivity contribution in [3.05, 3.63) is 87.6 Å². The highest BCUT2D eigenvalue weighted by Gasteiger charge is 2.84. The Hall–Kier alpha value is -4.60. The van der Waals surface area contributed by atoms with E-state index < -0.39 is 79.6 Å². The number of aliphatic hydroxyl groups excluding tert-OH is 2. The maximum absolute atomic E-state index is 16.0. The molecule has 0 amide bonds. The Morgan fingerprint density at radius 3 is 2.43 bits per heavy atom. The number of guanidine groups is 1. The monoisotopic (exact) mass is 855 g/mol. The molecule has 11 nitrogen and oxygen atoms in total. The van der Waals surface area contributed by atoms with E-state index in [9.17, 15) is 35.1 Å². The SMILES string of the molecule is C/C(C(=O)O)=C1/CC[C@]2(N=C(N)N)C=C[C@@]3(C[C@@]4(O)C=C[C@]5(O)C6=C7C(=O)C[C@@]3(C)[C@]64CCC#CC[C@]3(C)C(=O)CC[C@@]7(C)[C@@H]3[C@@H]5C3=Cc4ccccc4CC3)[C@H](CCO)[C@@H]2[C@@H]1O. The molecule has 0 heterocycles. The normalized spacial score (nSPS) is 46.0. The zero-order chi connectivity index (χ0) is 44.9. The standard InChI is InChI=1S/C52H61N3O8/c1-29(43(60)61)33-14-20-49(55-44(53)54)22-21-48(34(16-25-56)38(49)40(33)59)28-50(62)23-24-51(63)37(32-13-12-30-10-6-7-11-31(30)26-32)41-45(2)17-8-5-9-18-52(50)42(51)39(35(57)27-47(48,52)4)46(41,3)19-15-36(45)58/h6-7,10-11,21-24,26,34,37-38,40-41,56,59,62-63H,9,12-20,25,27-28H2,1-4H3,(H,60,61)(H4,53,54,55)/b33-29+/t34-,37+,38-,40-,41-,45-,46-,47-,48-,49+,50+,51-,52+/m1/s1. The van der Waals surface area contributed by atoms with Crippen LogP contribution >= 0.6 is 0 Å². The van der Waals surface area contributed by atoms with Crippen molar-refractivity contribution in [3.8, 4) is 11.8 Å². The lowest BCUT2D eigenvalue weighted by molar-refractivity contribution is -0.171.